The zero-order valence-corrected chi connectivity index (χ0v) is 8.80. The van der Waals surface area contributed by atoms with Crippen molar-refractivity contribution in [1.82, 2.24) is 0 Å². The average molecular weight is 194 g/mol. The molecule has 76 valence electrons. The van der Waals surface area contributed by atoms with Crippen molar-refractivity contribution in [2.75, 3.05) is 0 Å². The van der Waals surface area contributed by atoms with E-state index in [1.807, 2.05) is 6.07 Å². The Morgan fingerprint density at radius 2 is 1.93 bits per heavy atom. The quantitative estimate of drug-likeness (QED) is 0.675. The maximum Gasteiger partial charge on any atom is 0.160 e. The van der Waals surface area contributed by atoms with Crippen LogP contribution in [0.4, 0.5) is 4.39 Å². The number of benzene rings is 1. The Hall–Kier alpha value is -1.18. The van der Waals surface area contributed by atoms with Gasteiger partial charge in [0.15, 0.2) is 5.78 Å². The van der Waals surface area contributed by atoms with E-state index in [1.54, 1.807) is 18.2 Å². The lowest BCUT2D eigenvalue weighted by Gasteiger charge is -2.15. The third-order valence-electron chi connectivity index (χ3n) is 2.01. The number of alkyl halides is 1. The van der Waals surface area contributed by atoms with Gasteiger partial charge in [-0.1, -0.05) is 24.3 Å². The van der Waals surface area contributed by atoms with Crippen LogP contribution in [-0.2, 0) is 6.42 Å². The molecule has 2 heteroatoms. The van der Waals surface area contributed by atoms with E-state index >= 15 is 0 Å². The minimum atomic E-state index is -1.27. The predicted molar refractivity (Wildman–Crippen MR) is 55.3 cm³/mol. The maximum atomic E-state index is 13.4. The third-order valence-corrected chi connectivity index (χ3v) is 2.01. The fraction of sp³-hybridized carbons (Fsp3) is 0.417. The van der Waals surface area contributed by atoms with Gasteiger partial charge >= 0.3 is 0 Å². The molecule has 1 aromatic carbocycles. The first-order valence-corrected chi connectivity index (χ1v) is 4.68. The minimum absolute atomic E-state index is 0.00940. The van der Waals surface area contributed by atoms with E-state index in [0.717, 1.165) is 5.56 Å². The van der Waals surface area contributed by atoms with Crippen LogP contribution in [0.15, 0.2) is 24.3 Å². The first kappa shape index (κ1) is 10.9. The Kier molecular flexibility index (Phi) is 3.04. The van der Waals surface area contributed by atoms with Gasteiger partial charge in [-0.05, 0) is 26.3 Å². The minimum Gasteiger partial charge on any atom is -0.295 e. The topological polar surface area (TPSA) is 17.1 Å². The van der Waals surface area contributed by atoms with Gasteiger partial charge in [0, 0.05) is 12.0 Å². The molecule has 0 fully saturated rings. The van der Waals surface area contributed by atoms with Gasteiger partial charge in [0.1, 0.15) is 5.67 Å². The first-order chi connectivity index (χ1) is 6.40. The number of rotatable bonds is 3. The van der Waals surface area contributed by atoms with Crippen LogP contribution in [-0.4, -0.2) is 11.5 Å². The molecule has 0 bridgehead atoms. The van der Waals surface area contributed by atoms with E-state index in [9.17, 15) is 9.18 Å². The van der Waals surface area contributed by atoms with E-state index in [1.165, 1.54) is 20.8 Å². The maximum absolute atomic E-state index is 13.4. The predicted octanol–water partition coefficient (Wildman–Crippen LogP) is 3.18. The molecule has 1 aromatic rings. The number of carbonyl (C=O) groups excluding carboxylic acids is 1. The van der Waals surface area contributed by atoms with Gasteiger partial charge in [0.25, 0.3) is 0 Å². The van der Waals surface area contributed by atoms with Gasteiger partial charge in [-0.15, -0.1) is 0 Å². The van der Waals surface area contributed by atoms with Crippen LogP contribution < -0.4 is 0 Å². The first-order valence-electron chi connectivity index (χ1n) is 4.68. The van der Waals surface area contributed by atoms with Crippen LogP contribution in [0, 0.1) is 0 Å². The fourth-order valence-corrected chi connectivity index (χ4v) is 1.47. The number of carbonyl (C=O) groups is 1. The molecule has 0 aliphatic carbocycles. The molecule has 0 aliphatic rings. The van der Waals surface area contributed by atoms with E-state index < -0.39 is 5.67 Å². The number of ketones is 1. The lowest BCUT2D eigenvalue weighted by atomic mass is 9.94. The highest BCUT2D eigenvalue weighted by Crippen LogP contribution is 2.19. The van der Waals surface area contributed by atoms with Crippen LogP contribution >= 0.6 is 0 Å². The number of hydrogen-bond acceptors (Lipinski definition) is 1. The summed E-state index contributed by atoms with van der Waals surface area (Å²) in [5.41, 5.74) is 0.136. The van der Waals surface area contributed by atoms with Crippen LogP contribution in [0.2, 0.25) is 0 Å². The second-order valence-corrected chi connectivity index (χ2v) is 4.11. The number of hydrogen-bond donors (Lipinski definition) is 0. The van der Waals surface area contributed by atoms with Crippen molar-refractivity contribution in [3.05, 3.63) is 35.4 Å². The molecule has 0 radical (unpaired) electrons. The van der Waals surface area contributed by atoms with Gasteiger partial charge in [0.2, 0.25) is 0 Å². The molecule has 0 aromatic heterocycles. The van der Waals surface area contributed by atoms with E-state index in [2.05, 4.69) is 0 Å². The van der Waals surface area contributed by atoms with Crippen molar-refractivity contribution in [1.29, 1.82) is 0 Å². The summed E-state index contributed by atoms with van der Waals surface area (Å²) in [6.45, 7) is 4.54. The number of halogens is 1. The monoisotopic (exact) mass is 194 g/mol. The van der Waals surface area contributed by atoms with Crippen molar-refractivity contribution < 1.29 is 9.18 Å². The lowest BCUT2D eigenvalue weighted by molar-refractivity contribution is 0.101. The Balaban J connectivity index is 3.02. The molecule has 0 heterocycles. The highest BCUT2D eigenvalue weighted by molar-refractivity contribution is 5.95. The number of Topliss-reactive ketones (excluding diaryl/α,β-unsaturated/α-hetero) is 1. The normalized spacial score (nSPS) is 11.4. The molecule has 0 amide bonds. The zero-order chi connectivity index (χ0) is 10.8. The standard InChI is InChI=1S/C12H15FO/c1-9(14)11-7-5-4-6-10(11)8-12(2,3)13/h4-7H,8H2,1-3H3. The molecule has 0 N–H and O–H groups in total. The Morgan fingerprint density at radius 1 is 1.36 bits per heavy atom. The summed E-state index contributed by atoms with van der Waals surface area (Å²) in [6, 6.07) is 7.17. The smallest absolute Gasteiger partial charge is 0.160 e. The summed E-state index contributed by atoms with van der Waals surface area (Å²) in [5, 5.41) is 0. The van der Waals surface area contributed by atoms with Crippen molar-refractivity contribution in [3.63, 3.8) is 0 Å². The van der Waals surface area contributed by atoms with Gasteiger partial charge in [-0.25, -0.2) is 4.39 Å². The molecule has 1 rings (SSSR count). The van der Waals surface area contributed by atoms with Gasteiger partial charge in [-0.2, -0.15) is 0 Å². The van der Waals surface area contributed by atoms with Gasteiger partial charge in [0.05, 0.1) is 0 Å². The summed E-state index contributed by atoms with van der Waals surface area (Å²) in [7, 11) is 0. The van der Waals surface area contributed by atoms with E-state index in [0.29, 0.717) is 5.56 Å². The Morgan fingerprint density at radius 3 is 2.43 bits per heavy atom. The SMILES string of the molecule is CC(=O)c1ccccc1CC(C)(C)F. The Bertz CT molecular complexity index is 336. The fourth-order valence-electron chi connectivity index (χ4n) is 1.47. The third kappa shape index (κ3) is 2.95. The molecule has 0 saturated carbocycles. The average Bonchev–Trinajstić information content (AvgIpc) is 2.01. The molecule has 0 saturated heterocycles. The molecular formula is C12H15FO. The molecular weight excluding hydrogens is 179 g/mol. The van der Waals surface area contributed by atoms with E-state index in [-0.39, 0.29) is 12.2 Å². The highest BCUT2D eigenvalue weighted by Gasteiger charge is 2.18. The molecule has 0 spiro atoms. The van der Waals surface area contributed by atoms with Crippen molar-refractivity contribution in [2.45, 2.75) is 32.9 Å². The summed E-state index contributed by atoms with van der Waals surface area (Å²) in [6.07, 6.45) is 0.281. The largest absolute Gasteiger partial charge is 0.295 e. The van der Waals surface area contributed by atoms with E-state index in [4.69, 9.17) is 0 Å². The van der Waals surface area contributed by atoms with Crippen molar-refractivity contribution in [2.24, 2.45) is 0 Å². The summed E-state index contributed by atoms with van der Waals surface area (Å²) < 4.78 is 13.4. The summed E-state index contributed by atoms with van der Waals surface area (Å²) in [5.74, 6) is -0.00940. The van der Waals surface area contributed by atoms with Crippen LogP contribution in [0.1, 0.15) is 36.7 Å². The molecule has 14 heavy (non-hydrogen) atoms. The molecule has 0 aliphatic heterocycles. The summed E-state index contributed by atoms with van der Waals surface area (Å²) >= 11 is 0. The van der Waals surface area contributed by atoms with Crippen LogP contribution in [0.5, 0.6) is 0 Å². The second kappa shape index (κ2) is 3.91. The highest BCUT2D eigenvalue weighted by atomic mass is 19.1. The second-order valence-electron chi connectivity index (χ2n) is 4.11. The molecule has 0 atom stereocenters. The zero-order valence-electron chi connectivity index (χ0n) is 8.80. The Labute approximate surface area is 83.9 Å². The van der Waals surface area contributed by atoms with Gasteiger partial charge in [-0.3, -0.25) is 4.79 Å². The lowest BCUT2D eigenvalue weighted by Crippen LogP contribution is -2.17. The van der Waals surface area contributed by atoms with Crippen molar-refractivity contribution >= 4 is 5.78 Å². The summed E-state index contributed by atoms with van der Waals surface area (Å²) in [4.78, 5) is 11.2. The van der Waals surface area contributed by atoms with Crippen LogP contribution in [0.25, 0.3) is 0 Å². The van der Waals surface area contributed by atoms with Crippen molar-refractivity contribution in [3.8, 4) is 0 Å². The molecule has 1 nitrogen and oxygen atoms in total. The van der Waals surface area contributed by atoms with Gasteiger partial charge < -0.3 is 0 Å². The molecule has 0 unspecified atom stereocenters. The van der Waals surface area contributed by atoms with Crippen LogP contribution in [0.3, 0.4) is 0 Å².